The number of halogens is 1. The highest BCUT2D eigenvalue weighted by molar-refractivity contribution is 6.30. The van der Waals surface area contributed by atoms with Gasteiger partial charge in [0.1, 0.15) is 0 Å². The minimum Gasteiger partial charge on any atom is -0.441 e. The van der Waals surface area contributed by atoms with Gasteiger partial charge < -0.3 is 14.8 Å². The van der Waals surface area contributed by atoms with Gasteiger partial charge in [0, 0.05) is 42.0 Å². The van der Waals surface area contributed by atoms with Crippen molar-refractivity contribution in [3.63, 3.8) is 0 Å². The standard InChI is InChI=1S/C18H19ClN2O3/c19-14-4-2-13(3-5-14)16-10-20-18(24-16)8-7-17(23)21-15-6-1-12(9-15)11-22/h1-6,10,12,15,22H,7-9,11H2,(H,21,23)/t12-,15+/m0/s1. The van der Waals surface area contributed by atoms with Gasteiger partial charge in [-0.1, -0.05) is 23.8 Å². The van der Waals surface area contributed by atoms with E-state index in [1.165, 1.54) is 0 Å². The summed E-state index contributed by atoms with van der Waals surface area (Å²) in [6.45, 7) is 0.118. The Morgan fingerprint density at radius 1 is 1.33 bits per heavy atom. The van der Waals surface area contributed by atoms with E-state index in [1.807, 2.05) is 24.3 Å². The number of aliphatic hydroxyl groups excluding tert-OH is 1. The van der Waals surface area contributed by atoms with Crippen LogP contribution in [0.2, 0.25) is 5.02 Å². The summed E-state index contributed by atoms with van der Waals surface area (Å²) in [7, 11) is 0. The molecule has 6 heteroatoms. The van der Waals surface area contributed by atoms with Gasteiger partial charge in [-0.3, -0.25) is 4.79 Å². The minimum atomic E-state index is -0.0468. The fraction of sp³-hybridized carbons (Fsp3) is 0.333. The van der Waals surface area contributed by atoms with Crippen LogP contribution in [0.4, 0.5) is 0 Å². The average molecular weight is 347 g/mol. The maximum atomic E-state index is 12.0. The van der Waals surface area contributed by atoms with Crippen molar-refractivity contribution < 1.29 is 14.3 Å². The SMILES string of the molecule is O=C(CCc1ncc(-c2ccc(Cl)cc2)o1)N[C@@H]1C=C[C@H](CO)C1. The second kappa shape index (κ2) is 7.64. The fourth-order valence-corrected chi connectivity index (χ4v) is 2.82. The number of benzene rings is 1. The minimum absolute atomic E-state index is 0.00355. The normalized spacial score (nSPS) is 19.6. The van der Waals surface area contributed by atoms with Crippen LogP contribution in [-0.4, -0.2) is 28.6 Å². The third-order valence-electron chi connectivity index (χ3n) is 4.00. The zero-order valence-electron chi connectivity index (χ0n) is 13.1. The lowest BCUT2D eigenvalue weighted by atomic mass is 10.1. The molecular formula is C18H19ClN2O3. The van der Waals surface area contributed by atoms with Gasteiger partial charge in [-0.2, -0.15) is 0 Å². The maximum Gasteiger partial charge on any atom is 0.220 e. The molecule has 0 fully saturated rings. The van der Waals surface area contributed by atoms with Crippen molar-refractivity contribution in [1.29, 1.82) is 0 Å². The largest absolute Gasteiger partial charge is 0.441 e. The van der Waals surface area contributed by atoms with Crippen LogP contribution >= 0.6 is 11.6 Å². The van der Waals surface area contributed by atoms with Crippen LogP contribution in [0.5, 0.6) is 0 Å². The van der Waals surface area contributed by atoms with Gasteiger partial charge in [-0.15, -0.1) is 0 Å². The van der Waals surface area contributed by atoms with E-state index < -0.39 is 0 Å². The number of hydrogen-bond acceptors (Lipinski definition) is 4. The summed E-state index contributed by atoms with van der Waals surface area (Å²) < 4.78 is 5.68. The van der Waals surface area contributed by atoms with Crippen LogP contribution in [0.25, 0.3) is 11.3 Å². The van der Waals surface area contributed by atoms with E-state index in [2.05, 4.69) is 10.3 Å². The molecule has 24 heavy (non-hydrogen) atoms. The van der Waals surface area contributed by atoms with Crippen molar-refractivity contribution in [1.82, 2.24) is 10.3 Å². The summed E-state index contributed by atoms with van der Waals surface area (Å²) in [6.07, 6.45) is 7.04. The molecule has 3 rings (SSSR count). The van der Waals surface area contributed by atoms with Crippen molar-refractivity contribution in [3.8, 4) is 11.3 Å². The first-order valence-electron chi connectivity index (χ1n) is 7.93. The molecule has 1 aromatic heterocycles. The summed E-state index contributed by atoms with van der Waals surface area (Å²) >= 11 is 5.87. The predicted molar refractivity (Wildman–Crippen MR) is 91.5 cm³/mol. The zero-order chi connectivity index (χ0) is 16.9. The quantitative estimate of drug-likeness (QED) is 0.788. The van der Waals surface area contributed by atoms with E-state index in [1.54, 1.807) is 18.3 Å². The Bertz CT molecular complexity index is 724. The number of hydrogen-bond donors (Lipinski definition) is 2. The van der Waals surface area contributed by atoms with Gasteiger partial charge in [0.05, 0.1) is 6.20 Å². The molecule has 5 nitrogen and oxygen atoms in total. The molecule has 0 bridgehead atoms. The summed E-state index contributed by atoms with van der Waals surface area (Å²) in [6, 6.07) is 7.32. The smallest absolute Gasteiger partial charge is 0.220 e. The molecule has 1 heterocycles. The molecule has 1 aliphatic rings. The van der Waals surface area contributed by atoms with Gasteiger partial charge in [0.25, 0.3) is 0 Å². The Morgan fingerprint density at radius 2 is 2.12 bits per heavy atom. The number of amides is 1. The van der Waals surface area contributed by atoms with E-state index in [-0.39, 0.29) is 24.5 Å². The lowest BCUT2D eigenvalue weighted by Crippen LogP contribution is -2.33. The molecule has 0 saturated heterocycles. The van der Waals surface area contributed by atoms with Gasteiger partial charge >= 0.3 is 0 Å². The molecule has 0 saturated carbocycles. The zero-order valence-corrected chi connectivity index (χ0v) is 13.9. The number of nitrogens with one attached hydrogen (secondary N) is 1. The van der Waals surface area contributed by atoms with Crippen LogP contribution in [0.15, 0.2) is 47.0 Å². The Labute approximate surface area is 145 Å². The first-order valence-corrected chi connectivity index (χ1v) is 8.31. The van der Waals surface area contributed by atoms with Crippen LogP contribution < -0.4 is 5.32 Å². The first kappa shape index (κ1) is 16.7. The molecule has 2 atom stereocenters. The van der Waals surface area contributed by atoms with Gasteiger partial charge in [-0.25, -0.2) is 4.98 Å². The van der Waals surface area contributed by atoms with Crippen LogP contribution in [0, 0.1) is 5.92 Å². The van der Waals surface area contributed by atoms with Crippen molar-refractivity contribution in [3.05, 3.63) is 53.5 Å². The summed E-state index contributed by atoms with van der Waals surface area (Å²) in [5, 5.41) is 12.7. The Kier molecular flexibility index (Phi) is 5.33. The number of carbonyl (C=O) groups excluding carboxylic acids is 1. The molecule has 1 aliphatic carbocycles. The first-order chi connectivity index (χ1) is 11.6. The van der Waals surface area contributed by atoms with Crippen molar-refractivity contribution in [2.45, 2.75) is 25.3 Å². The summed E-state index contributed by atoms with van der Waals surface area (Å²) in [5.41, 5.74) is 0.897. The Balaban J connectivity index is 1.49. The lowest BCUT2D eigenvalue weighted by Gasteiger charge is -2.12. The van der Waals surface area contributed by atoms with Crippen LogP contribution in [0.3, 0.4) is 0 Å². The molecular weight excluding hydrogens is 328 g/mol. The Hall–Kier alpha value is -2.11. The number of rotatable bonds is 6. The third-order valence-corrected chi connectivity index (χ3v) is 4.25. The van der Waals surface area contributed by atoms with E-state index in [0.717, 1.165) is 12.0 Å². The number of aryl methyl sites for hydroxylation is 1. The Morgan fingerprint density at radius 3 is 2.83 bits per heavy atom. The van der Waals surface area contributed by atoms with Crippen molar-refractivity contribution in [2.24, 2.45) is 5.92 Å². The highest BCUT2D eigenvalue weighted by atomic mass is 35.5. The van der Waals surface area contributed by atoms with Gasteiger partial charge in [0.2, 0.25) is 5.91 Å². The number of oxazole rings is 1. The lowest BCUT2D eigenvalue weighted by molar-refractivity contribution is -0.121. The molecule has 0 spiro atoms. The number of carbonyl (C=O) groups is 1. The summed E-state index contributed by atoms with van der Waals surface area (Å²) in [5.74, 6) is 1.29. The topological polar surface area (TPSA) is 75.4 Å². The molecule has 1 amide bonds. The average Bonchev–Trinajstić information content (AvgIpc) is 3.23. The van der Waals surface area contributed by atoms with E-state index in [4.69, 9.17) is 21.1 Å². The number of aromatic nitrogens is 1. The second-order valence-electron chi connectivity index (χ2n) is 5.86. The van der Waals surface area contributed by atoms with E-state index in [0.29, 0.717) is 29.5 Å². The van der Waals surface area contributed by atoms with Crippen LogP contribution in [0.1, 0.15) is 18.7 Å². The molecule has 2 N–H and O–H groups in total. The van der Waals surface area contributed by atoms with Crippen molar-refractivity contribution in [2.75, 3.05) is 6.61 Å². The highest BCUT2D eigenvalue weighted by Crippen LogP contribution is 2.23. The van der Waals surface area contributed by atoms with Gasteiger partial charge in [-0.05, 0) is 30.7 Å². The highest BCUT2D eigenvalue weighted by Gasteiger charge is 2.19. The van der Waals surface area contributed by atoms with Crippen LogP contribution in [-0.2, 0) is 11.2 Å². The number of nitrogens with zero attached hydrogens (tertiary/aromatic N) is 1. The molecule has 0 unspecified atom stereocenters. The van der Waals surface area contributed by atoms with Gasteiger partial charge in [0.15, 0.2) is 11.7 Å². The molecule has 0 radical (unpaired) electrons. The maximum absolute atomic E-state index is 12.0. The fourth-order valence-electron chi connectivity index (χ4n) is 2.69. The molecule has 2 aromatic rings. The van der Waals surface area contributed by atoms with E-state index in [9.17, 15) is 4.79 Å². The molecule has 126 valence electrons. The third kappa shape index (κ3) is 4.24. The van der Waals surface area contributed by atoms with E-state index >= 15 is 0 Å². The molecule has 0 aliphatic heterocycles. The predicted octanol–water partition coefficient (Wildman–Crippen LogP) is 2.98. The second-order valence-corrected chi connectivity index (χ2v) is 6.30. The summed E-state index contributed by atoms with van der Waals surface area (Å²) in [4.78, 5) is 16.2. The monoisotopic (exact) mass is 346 g/mol. The van der Waals surface area contributed by atoms with Crippen molar-refractivity contribution >= 4 is 17.5 Å². The number of aliphatic hydroxyl groups is 1. The molecule has 1 aromatic carbocycles.